The van der Waals surface area contributed by atoms with Gasteiger partial charge < -0.3 is 14.2 Å². The van der Waals surface area contributed by atoms with E-state index in [0.717, 1.165) is 14.7 Å². The van der Waals surface area contributed by atoms with Crippen LogP contribution in [0.25, 0.3) is 10.8 Å². The summed E-state index contributed by atoms with van der Waals surface area (Å²) in [5, 5.41) is 6.46. The zero-order chi connectivity index (χ0) is 24.6. The summed E-state index contributed by atoms with van der Waals surface area (Å²) >= 11 is 2.15. The molecule has 4 aromatic carbocycles. The van der Waals surface area contributed by atoms with Crippen LogP contribution in [0.1, 0.15) is 28.4 Å². The average Bonchev–Trinajstić information content (AvgIpc) is 2.88. The van der Waals surface area contributed by atoms with Crippen molar-refractivity contribution in [2.24, 2.45) is 5.10 Å². The predicted octanol–water partition coefficient (Wildman–Crippen LogP) is 6.19. The van der Waals surface area contributed by atoms with Crippen molar-refractivity contribution in [2.45, 2.75) is 13.5 Å². The van der Waals surface area contributed by atoms with Crippen LogP contribution < -0.4 is 19.6 Å². The van der Waals surface area contributed by atoms with Crippen molar-refractivity contribution in [2.75, 3.05) is 13.7 Å². The summed E-state index contributed by atoms with van der Waals surface area (Å²) in [6, 6.07) is 25.3. The SMILES string of the molecule is CCOc1cc(/C=N\NC(=O)c2ccc(I)c(OC)c2)ccc1OCc1ccc2ccccc2c1. The molecule has 178 valence electrons. The Morgan fingerprint density at radius 2 is 1.74 bits per heavy atom. The molecular formula is C28H25IN2O4. The quantitative estimate of drug-likeness (QED) is 0.146. The molecule has 4 aromatic rings. The normalized spacial score (nSPS) is 10.9. The second kappa shape index (κ2) is 11.7. The molecule has 0 saturated heterocycles. The Bertz CT molecular complexity index is 1370. The van der Waals surface area contributed by atoms with E-state index in [1.807, 2.05) is 43.3 Å². The molecule has 0 aliphatic rings. The highest BCUT2D eigenvalue weighted by atomic mass is 127. The number of benzene rings is 4. The van der Waals surface area contributed by atoms with Gasteiger partial charge in [-0.2, -0.15) is 5.10 Å². The van der Waals surface area contributed by atoms with Gasteiger partial charge in [0.25, 0.3) is 5.91 Å². The number of amides is 1. The maximum absolute atomic E-state index is 12.4. The van der Waals surface area contributed by atoms with E-state index in [9.17, 15) is 4.79 Å². The second-order valence-electron chi connectivity index (χ2n) is 7.66. The van der Waals surface area contributed by atoms with E-state index in [1.54, 1.807) is 25.5 Å². The van der Waals surface area contributed by atoms with Crippen LogP contribution in [0.5, 0.6) is 17.2 Å². The van der Waals surface area contributed by atoms with Gasteiger partial charge in [0.1, 0.15) is 12.4 Å². The number of methoxy groups -OCH3 is 1. The summed E-state index contributed by atoms with van der Waals surface area (Å²) in [4.78, 5) is 12.4. The highest BCUT2D eigenvalue weighted by Gasteiger charge is 2.09. The van der Waals surface area contributed by atoms with Crippen molar-refractivity contribution in [3.05, 3.63) is 99.1 Å². The van der Waals surface area contributed by atoms with Gasteiger partial charge in [-0.05, 0) is 93.9 Å². The molecule has 0 aromatic heterocycles. The molecule has 35 heavy (non-hydrogen) atoms. The first-order valence-corrected chi connectivity index (χ1v) is 12.2. The zero-order valence-corrected chi connectivity index (χ0v) is 21.6. The fraction of sp³-hybridized carbons (Fsp3) is 0.143. The molecule has 1 N–H and O–H groups in total. The summed E-state index contributed by atoms with van der Waals surface area (Å²) in [5.41, 5.74) is 4.86. The van der Waals surface area contributed by atoms with E-state index in [0.29, 0.717) is 36.0 Å². The second-order valence-corrected chi connectivity index (χ2v) is 8.82. The monoisotopic (exact) mass is 580 g/mol. The molecule has 0 aliphatic heterocycles. The molecule has 0 unspecified atom stereocenters. The third-order valence-corrected chi connectivity index (χ3v) is 6.16. The van der Waals surface area contributed by atoms with Crippen molar-refractivity contribution < 1.29 is 19.0 Å². The molecule has 4 rings (SSSR count). The minimum absolute atomic E-state index is 0.323. The van der Waals surface area contributed by atoms with Gasteiger partial charge >= 0.3 is 0 Å². The minimum atomic E-state index is -0.323. The van der Waals surface area contributed by atoms with Crippen LogP contribution in [0.4, 0.5) is 0 Å². The van der Waals surface area contributed by atoms with Crippen molar-refractivity contribution in [1.29, 1.82) is 0 Å². The van der Waals surface area contributed by atoms with Crippen LogP contribution in [0.2, 0.25) is 0 Å². The summed E-state index contributed by atoms with van der Waals surface area (Å²) in [7, 11) is 1.57. The molecule has 0 fully saturated rings. The smallest absolute Gasteiger partial charge is 0.271 e. The standard InChI is InChI=1S/C28H25IN2O4/c1-3-34-27-15-19(17-30-31-28(32)23-11-12-24(29)26(16-23)33-2)9-13-25(27)35-18-20-8-10-21-6-4-5-7-22(21)14-20/h4-17H,3,18H2,1-2H3,(H,31,32)/b30-17-. The van der Waals surface area contributed by atoms with Crippen molar-refractivity contribution >= 4 is 45.5 Å². The van der Waals surface area contributed by atoms with Crippen LogP contribution >= 0.6 is 22.6 Å². The topological polar surface area (TPSA) is 69.2 Å². The van der Waals surface area contributed by atoms with Gasteiger partial charge in [-0.15, -0.1) is 0 Å². The number of rotatable bonds is 9. The number of hydrogen-bond acceptors (Lipinski definition) is 5. The van der Waals surface area contributed by atoms with Gasteiger partial charge in [0.2, 0.25) is 0 Å². The maximum Gasteiger partial charge on any atom is 0.271 e. The van der Waals surface area contributed by atoms with E-state index in [-0.39, 0.29) is 5.91 Å². The lowest BCUT2D eigenvalue weighted by molar-refractivity contribution is 0.0954. The summed E-state index contributed by atoms with van der Waals surface area (Å²) in [5.74, 6) is 1.58. The highest BCUT2D eigenvalue weighted by molar-refractivity contribution is 14.1. The Hall–Kier alpha value is -3.59. The van der Waals surface area contributed by atoms with Crippen LogP contribution in [0, 0.1) is 3.57 Å². The largest absolute Gasteiger partial charge is 0.496 e. The van der Waals surface area contributed by atoms with Gasteiger partial charge in [0.05, 0.1) is 23.5 Å². The Labute approximate surface area is 218 Å². The first-order chi connectivity index (χ1) is 17.1. The first-order valence-electron chi connectivity index (χ1n) is 11.1. The molecule has 0 bridgehead atoms. The minimum Gasteiger partial charge on any atom is -0.496 e. The van der Waals surface area contributed by atoms with Gasteiger partial charge in [-0.25, -0.2) is 5.43 Å². The van der Waals surface area contributed by atoms with Gasteiger partial charge in [-0.3, -0.25) is 4.79 Å². The lowest BCUT2D eigenvalue weighted by Crippen LogP contribution is -2.17. The summed E-state index contributed by atoms with van der Waals surface area (Å²) in [6.07, 6.45) is 1.57. The van der Waals surface area contributed by atoms with Gasteiger partial charge in [0, 0.05) is 5.56 Å². The summed E-state index contributed by atoms with van der Waals surface area (Å²) in [6.45, 7) is 2.84. The molecule has 0 atom stereocenters. The Kier molecular flexibility index (Phi) is 8.20. The van der Waals surface area contributed by atoms with Crippen molar-refractivity contribution in [1.82, 2.24) is 5.43 Å². The molecule has 1 amide bonds. The molecule has 6 nitrogen and oxygen atoms in total. The molecule has 0 spiro atoms. The Morgan fingerprint density at radius 1 is 0.914 bits per heavy atom. The lowest BCUT2D eigenvalue weighted by Gasteiger charge is -2.13. The maximum atomic E-state index is 12.4. The Balaban J connectivity index is 1.42. The van der Waals surface area contributed by atoms with Gasteiger partial charge in [-0.1, -0.05) is 36.4 Å². The Morgan fingerprint density at radius 3 is 2.54 bits per heavy atom. The number of hydrogen-bond donors (Lipinski definition) is 1. The molecule has 0 saturated carbocycles. The molecular weight excluding hydrogens is 555 g/mol. The van der Waals surface area contributed by atoms with E-state index < -0.39 is 0 Å². The number of nitrogens with zero attached hydrogens (tertiary/aromatic N) is 1. The number of halogens is 1. The first kappa shape index (κ1) is 24.5. The van der Waals surface area contributed by atoms with Crippen molar-refractivity contribution in [3.63, 3.8) is 0 Å². The third-order valence-electron chi connectivity index (χ3n) is 5.27. The lowest BCUT2D eigenvalue weighted by atomic mass is 10.1. The number of carbonyl (C=O) groups excluding carboxylic acids is 1. The summed E-state index contributed by atoms with van der Waals surface area (Å²) < 4.78 is 18.0. The number of fused-ring (bicyclic) bond motifs is 1. The van der Waals surface area contributed by atoms with E-state index >= 15 is 0 Å². The van der Waals surface area contributed by atoms with Gasteiger partial charge in [0.15, 0.2) is 11.5 Å². The number of hydrazone groups is 1. The highest BCUT2D eigenvalue weighted by Crippen LogP contribution is 2.29. The van der Waals surface area contributed by atoms with E-state index in [1.165, 1.54) is 10.8 Å². The fourth-order valence-corrected chi connectivity index (χ4v) is 4.07. The van der Waals surface area contributed by atoms with E-state index in [4.69, 9.17) is 14.2 Å². The molecule has 0 aliphatic carbocycles. The van der Waals surface area contributed by atoms with Crippen LogP contribution in [-0.4, -0.2) is 25.8 Å². The third kappa shape index (κ3) is 6.30. The molecule has 0 radical (unpaired) electrons. The molecule has 0 heterocycles. The molecule has 7 heteroatoms. The van der Waals surface area contributed by atoms with Crippen LogP contribution in [0.3, 0.4) is 0 Å². The average molecular weight is 580 g/mol. The number of nitrogens with one attached hydrogen (secondary N) is 1. The van der Waals surface area contributed by atoms with Crippen molar-refractivity contribution in [3.8, 4) is 17.2 Å². The van der Waals surface area contributed by atoms with Crippen LogP contribution in [0.15, 0.2) is 84.0 Å². The zero-order valence-electron chi connectivity index (χ0n) is 19.5. The van der Waals surface area contributed by atoms with E-state index in [2.05, 4.69) is 63.4 Å². The van der Waals surface area contributed by atoms with Crippen LogP contribution in [-0.2, 0) is 6.61 Å². The number of ether oxygens (including phenoxy) is 3. The fourth-order valence-electron chi connectivity index (χ4n) is 3.51. The predicted molar refractivity (Wildman–Crippen MR) is 147 cm³/mol. The number of carbonyl (C=O) groups is 1.